The Labute approximate surface area is 185 Å². The second-order valence-corrected chi connectivity index (χ2v) is 10.6. The molecular formula is C21H29N3O5S2. The van der Waals surface area contributed by atoms with Gasteiger partial charge in [-0.25, -0.2) is 16.8 Å². The van der Waals surface area contributed by atoms with Crippen molar-refractivity contribution in [1.29, 1.82) is 0 Å². The number of anilines is 1. The summed E-state index contributed by atoms with van der Waals surface area (Å²) in [6.45, 7) is 8.54. The number of carbonyl (C=O) groups is 1. The lowest BCUT2D eigenvalue weighted by Gasteiger charge is -2.18. The summed E-state index contributed by atoms with van der Waals surface area (Å²) in [4.78, 5) is 12.8. The summed E-state index contributed by atoms with van der Waals surface area (Å²) < 4.78 is 52.9. The highest BCUT2D eigenvalue weighted by Gasteiger charge is 2.23. The van der Waals surface area contributed by atoms with Gasteiger partial charge in [-0.3, -0.25) is 4.79 Å². The van der Waals surface area contributed by atoms with Crippen molar-refractivity contribution in [3.63, 3.8) is 0 Å². The molecule has 0 radical (unpaired) electrons. The second-order valence-electron chi connectivity index (χ2n) is 6.68. The zero-order chi connectivity index (χ0) is 23.2. The third-order valence-electron chi connectivity index (χ3n) is 4.92. The first-order valence-electron chi connectivity index (χ1n) is 10.1. The molecule has 1 N–H and O–H groups in total. The fourth-order valence-electron chi connectivity index (χ4n) is 3.12. The maximum Gasteiger partial charge on any atom is 0.255 e. The lowest BCUT2D eigenvalue weighted by atomic mass is 10.2. The van der Waals surface area contributed by atoms with Crippen LogP contribution in [0.15, 0.2) is 58.3 Å². The van der Waals surface area contributed by atoms with Crippen LogP contribution in [0.2, 0.25) is 0 Å². The number of hydrogen-bond donors (Lipinski definition) is 1. The van der Waals surface area contributed by atoms with E-state index in [1.165, 1.54) is 57.1 Å². The van der Waals surface area contributed by atoms with Gasteiger partial charge >= 0.3 is 0 Å². The molecule has 0 spiro atoms. The molecule has 0 aliphatic heterocycles. The largest absolute Gasteiger partial charge is 0.322 e. The van der Waals surface area contributed by atoms with Crippen LogP contribution in [0.3, 0.4) is 0 Å². The molecule has 0 bridgehead atoms. The van der Waals surface area contributed by atoms with Gasteiger partial charge in [0.2, 0.25) is 20.0 Å². The minimum atomic E-state index is -3.59. The summed E-state index contributed by atoms with van der Waals surface area (Å²) in [6, 6.07) is 11.6. The number of benzene rings is 2. The molecule has 0 aliphatic carbocycles. The molecule has 2 aromatic rings. The van der Waals surface area contributed by atoms with E-state index in [1.807, 2.05) is 0 Å². The normalized spacial score (nSPS) is 12.3. The predicted octanol–water partition coefficient (Wildman–Crippen LogP) is 3.00. The third kappa shape index (κ3) is 5.51. The van der Waals surface area contributed by atoms with E-state index in [4.69, 9.17) is 0 Å². The van der Waals surface area contributed by atoms with E-state index in [-0.39, 0.29) is 9.79 Å². The fraction of sp³-hybridized carbons (Fsp3) is 0.381. The molecule has 170 valence electrons. The van der Waals surface area contributed by atoms with Crippen molar-refractivity contribution < 1.29 is 21.6 Å². The summed E-state index contributed by atoms with van der Waals surface area (Å²) in [6.07, 6.45) is 0. The van der Waals surface area contributed by atoms with Gasteiger partial charge in [-0.1, -0.05) is 27.7 Å². The highest BCUT2D eigenvalue weighted by atomic mass is 32.2. The monoisotopic (exact) mass is 467 g/mol. The van der Waals surface area contributed by atoms with E-state index in [0.717, 1.165) is 0 Å². The van der Waals surface area contributed by atoms with Crippen LogP contribution in [-0.4, -0.2) is 57.5 Å². The van der Waals surface area contributed by atoms with Crippen molar-refractivity contribution in [1.82, 2.24) is 8.61 Å². The standard InChI is InChI=1S/C21H29N3O5S2/c1-5-23(6-2)30(26,27)19-13-9-17(10-14-19)21(25)22-18-11-15-20(16-12-18)31(28,29)24(7-3)8-4/h9-16H,5-8H2,1-4H3,(H,22,25). The smallest absolute Gasteiger partial charge is 0.255 e. The average Bonchev–Trinajstić information content (AvgIpc) is 2.75. The van der Waals surface area contributed by atoms with Crippen molar-refractivity contribution in [3.05, 3.63) is 54.1 Å². The van der Waals surface area contributed by atoms with Crippen molar-refractivity contribution >= 4 is 31.6 Å². The first kappa shape index (κ1) is 25.0. The summed E-state index contributed by atoms with van der Waals surface area (Å²) in [7, 11) is -7.16. The van der Waals surface area contributed by atoms with E-state index in [9.17, 15) is 21.6 Å². The zero-order valence-electron chi connectivity index (χ0n) is 18.2. The number of sulfonamides is 2. The molecule has 0 aromatic heterocycles. The molecule has 0 saturated carbocycles. The van der Waals surface area contributed by atoms with Gasteiger partial charge in [0.1, 0.15) is 0 Å². The fourth-order valence-corrected chi connectivity index (χ4v) is 6.03. The number of carbonyl (C=O) groups excluding carboxylic acids is 1. The Bertz CT molecular complexity index is 1090. The summed E-state index contributed by atoms with van der Waals surface area (Å²) in [5, 5.41) is 2.69. The first-order chi connectivity index (χ1) is 14.6. The SMILES string of the molecule is CCN(CC)S(=O)(=O)c1ccc(NC(=O)c2ccc(S(=O)(=O)N(CC)CC)cc2)cc1. The van der Waals surface area contributed by atoms with Crippen molar-refractivity contribution in [2.24, 2.45) is 0 Å². The van der Waals surface area contributed by atoms with Crippen LogP contribution in [0.25, 0.3) is 0 Å². The van der Waals surface area contributed by atoms with Gasteiger partial charge in [0.05, 0.1) is 9.79 Å². The number of nitrogens with zero attached hydrogens (tertiary/aromatic N) is 2. The molecule has 0 heterocycles. The molecule has 0 aliphatic rings. The molecule has 10 heteroatoms. The van der Waals surface area contributed by atoms with Crippen molar-refractivity contribution in [3.8, 4) is 0 Å². The number of rotatable bonds is 10. The Balaban J connectivity index is 2.16. The van der Waals surface area contributed by atoms with E-state index in [1.54, 1.807) is 27.7 Å². The number of amides is 1. The van der Waals surface area contributed by atoms with E-state index < -0.39 is 26.0 Å². The van der Waals surface area contributed by atoms with Crippen LogP contribution in [0.5, 0.6) is 0 Å². The third-order valence-corrected chi connectivity index (χ3v) is 9.04. The van der Waals surface area contributed by atoms with Crippen LogP contribution in [0, 0.1) is 0 Å². The summed E-state index contributed by atoms with van der Waals surface area (Å²) in [5.74, 6) is -0.425. The molecule has 8 nitrogen and oxygen atoms in total. The lowest BCUT2D eigenvalue weighted by Crippen LogP contribution is -2.30. The number of hydrogen-bond acceptors (Lipinski definition) is 5. The molecule has 0 unspecified atom stereocenters. The lowest BCUT2D eigenvalue weighted by molar-refractivity contribution is 0.102. The Morgan fingerprint density at radius 2 is 1.03 bits per heavy atom. The van der Waals surface area contributed by atoms with E-state index in [0.29, 0.717) is 37.4 Å². The van der Waals surface area contributed by atoms with E-state index in [2.05, 4.69) is 5.32 Å². The Morgan fingerprint density at radius 1 is 0.677 bits per heavy atom. The minimum Gasteiger partial charge on any atom is -0.322 e. The van der Waals surface area contributed by atoms with Gasteiger partial charge in [-0.15, -0.1) is 0 Å². The van der Waals surface area contributed by atoms with Crippen LogP contribution in [0.4, 0.5) is 5.69 Å². The molecule has 0 atom stereocenters. The van der Waals surface area contributed by atoms with Gasteiger partial charge in [0, 0.05) is 37.4 Å². The molecule has 31 heavy (non-hydrogen) atoms. The molecular weight excluding hydrogens is 438 g/mol. The molecule has 1 amide bonds. The topological polar surface area (TPSA) is 104 Å². The number of nitrogens with one attached hydrogen (secondary N) is 1. The van der Waals surface area contributed by atoms with Gasteiger partial charge < -0.3 is 5.32 Å². The maximum atomic E-state index is 12.5. The van der Waals surface area contributed by atoms with Crippen molar-refractivity contribution in [2.75, 3.05) is 31.5 Å². The van der Waals surface area contributed by atoms with Crippen LogP contribution >= 0.6 is 0 Å². The minimum absolute atomic E-state index is 0.124. The molecule has 0 saturated heterocycles. The zero-order valence-corrected chi connectivity index (χ0v) is 19.8. The van der Waals surface area contributed by atoms with Gasteiger partial charge in [0.15, 0.2) is 0 Å². The quantitative estimate of drug-likeness (QED) is 0.578. The highest BCUT2D eigenvalue weighted by Crippen LogP contribution is 2.20. The molecule has 2 aromatic carbocycles. The summed E-state index contributed by atoms with van der Waals surface area (Å²) in [5.41, 5.74) is 0.724. The Kier molecular flexibility index (Phi) is 8.35. The Morgan fingerprint density at radius 3 is 1.39 bits per heavy atom. The second kappa shape index (κ2) is 10.4. The predicted molar refractivity (Wildman–Crippen MR) is 121 cm³/mol. The van der Waals surface area contributed by atoms with Gasteiger partial charge in [0.25, 0.3) is 5.91 Å². The summed E-state index contributed by atoms with van der Waals surface area (Å²) >= 11 is 0. The van der Waals surface area contributed by atoms with Gasteiger partial charge in [-0.05, 0) is 48.5 Å². The van der Waals surface area contributed by atoms with Gasteiger partial charge in [-0.2, -0.15) is 8.61 Å². The molecule has 2 rings (SSSR count). The Hall–Kier alpha value is -2.27. The van der Waals surface area contributed by atoms with E-state index >= 15 is 0 Å². The van der Waals surface area contributed by atoms with Crippen LogP contribution in [0.1, 0.15) is 38.1 Å². The van der Waals surface area contributed by atoms with Crippen LogP contribution in [-0.2, 0) is 20.0 Å². The highest BCUT2D eigenvalue weighted by molar-refractivity contribution is 7.89. The van der Waals surface area contributed by atoms with Crippen molar-refractivity contribution in [2.45, 2.75) is 37.5 Å². The first-order valence-corrected chi connectivity index (χ1v) is 13.0. The average molecular weight is 468 g/mol. The van der Waals surface area contributed by atoms with Crippen LogP contribution < -0.4 is 5.32 Å². The molecule has 0 fully saturated rings. The maximum absolute atomic E-state index is 12.5.